The van der Waals surface area contributed by atoms with Crippen LogP contribution >= 0.6 is 0 Å². The van der Waals surface area contributed by atoms with E-state index in [0.717, 1.165) is 0 Å². The molecule has 0 N–H and O–H groups in total. The lowest BCUT2D eigenvalue weighted by atomic mass is 10.2. The monoisotopic (exact) mass is 234 g/mol. The topological polar surface area (TPSA) is 16.1 Å². The molecule has 0 aromatic carbocycles. The van der Waals surface area contributed by atoms with Crippen molar-refractivity contribution in [3.63, 3.8) is 0 Å². The van der Waals surface area contributed by atoms with Crippen LogP contribution in [0.2, 0.25) is 0 Å². The highest BCUT2D eigenvalue weighted by atomic mass is 19.4. The second kappa shape index (κ2) is 5.72. The summed E-state index contributed by atoms with van der Waals surface area (Å²) in [4.78, 5) is 5.08. The van der Waals surface area contributed by atoms with Crippen LogP contribution in [0.25, 0.3) is 0 Å². The molecule has 0 aliphatic carbocycles. The van der Waals surface area contributed by atoms with Crippen molar-refractivity contribution in [1.82, 2.24) is 4.98 Å². The van der Waals surface area contributed by atoms with Crippen molar-refractivity contribution in [2.24, 2.45) is 0 Å². The molecule has 1 heterocycles. The Kier molecular flexibility index (Phi) is 5.27. The molecule has 0 saturated heterocycles. The number of hydrogen-bond donors (Lipinski definition) is 0. The van der Waals surface area contributed by atoms with Crippen LogP contribution in [0.4, 0.5) is 19.0 Å². The van der Waals surface area contributed by atoms with Crippen LogP contribution in [0.15, 0.2) is 12.1 Å². The highest BCUT2D eigenvalue weighted by Crippen LogP contribution is 2.31. The van der Waals surface area contributed by atoms with Crippen molar-refractivity contribution in [2.45, 2.75) is 26.9 Å². The maximum absolute atomic E-state index is 12.4. The molecule has 5 heteroatoms. The maximum Gasteiger partial charge on any atom is 0.433 e. The zero-order valence-electron chi connectivity index (χ0n) is 10.2. The van der Waals surface area contributed by atoms with Crippen LogP contribution in [0.1, 0.15) is 25.1 Å². The third kappa shape index (κ3) is 3.72. The average molecular weight is 234 g/mol. The molecular formula is C11H17F3N2. The van der Waals surface area contributed by atoms with Crippen LogP contribution in [-0.4, -0.2) is 19.1 Å². The van der Waals surface area contributed by atoms with Crippen molar-refractivity contribution < 1.29 is 13.2 Å². The van der Waals surface area contributed by atoms with Crippen LogP contribution < -0.4 is 4.90 Å². The second-order valence-electron chi connectivity index (χ2n) is 3.23. The summed E-state index contributed by atoms with van der Waals surface area (Å²) in [5.74, 6) is 0.308. The molecule has 0 unspecified atom stereocenters. The fourth-order valence-corrected chi connectivity index (χ4v) is 1.05. The molecule has 0 fully saturated rings. The largest absolute Gasteiger partial charge is 0.433 e. The first-order valence-electron chi connectivity index (χ1n) is 5.04. The fraction of sp³-hybridized carbons (Fsp3) is 0.545. The molecule has 0 amide bonds. The van der Waals surface area contributed by atoms with E-state index in [-0.39, 0.29) is 5.56 Å². The highest BCUT2D eigenvalue weighted by Gasteiger charge is 2.34. The molecule has 0 aliphatic rings. The molecule has 2 nitrogen and oxygen atoms in total. The summed E-state index contributed by atoms with van der Waals surface area (Å²) >= 11 is 0. The van der Waals surface area contributed by atoms with Crippen molar-refractivity contribution >= 4 is 5.82 Å². The molecule has 92 valence electrons. The third-order valence-corrected chi connectivity index (χ3v) is 1.81. The minimum Gasteiger partial charge on any atom is -0.363 e. The lowest BCUT2D eigenvalue weighted by Crippen LogP contribution is -2.16. The number of hydrogen-bond acceptors (Lipinski definition) is 2. The van der Waals surface area contributed by atoms with Gasteiger partial charge in [-0.05, 0) is 18.6 Å². The van der Waals surface area contributed by atoms with Gasteiger partial charge in [0, 0.05) is 14.1 Å². The number of aromatic nitrogens is 1. The number of alkyl halides is 3. The van der Waals surface area contributed by atoms with Crippen molar-refractivity contribution in [3.05, 3.63) is 23.4 Å². The summed E-state index contributed by atoms with van der Waals surface area (Å²) in [6.07, 6.45) is -4.38. The van der Waals surface area contributed by atoms with Gasteiger partial charge in [0.25, 0.3) is 0 Å². The van der Waals surface area contributed by atoms with Crippen LogP contribution in [-0.2, 0) is 6.18 Å². The molecule has 16 heavy (non-hydrogen) atoms. The summed E-state index contributed by atoms with van der Waals surface area (Å²) < 4.78 is 37.2. The van der Waals surface area contributed by atoms with E-state index >= 15 is 0 Å². The molecule has 0 aliphatic heterocycles. The zero-order valence-corrected chi connectivity index (χ0v) is 10.2. The zero-order chi connectivity index (χ0) is 12.9. The number of aryl methyl sites for hydroxylation is 1. The van der Waals surface area contributed by atoms with E-state index in [1.165, 1.54) is 17.9 Å². The number of rotatable bonds is 1. The SMILES string of the molecule is CC.Cc1ccc(N(C)C)nc1C(F)(F)F. The van der Waals surface area contributed by atoms with Gasteiger partial charge >= 0.3 is 6.18 Å². The Labute approximate surface area is 94.1 Å². The summed E-state index contributed by atoms with van der Waals surface area (Å²) in [5.41, 5.74) is -0.674. The summed E-state index contributed by atoms with van der Waals surface area (Å²) in [6.45, 7) is 5.40. The predicted molar refractivity (Wildman–Crippen MR) is 59.7 cm³/mol. The summed E-state index contributed by atoms with van der Waals surface area (Å²) in [6, 6.07) is 2.98. The molecule has 0 spiro atoms. The smallest absolute Gasteiger partial charge is 0.363 e. The molecule has 1 aromatic heterocycles. The van der Waals surface area contributed by atoms with Gasteiger partial charge < -0.3 is 4.90 Å². The third-order valence-electron chi connectivity index (χ3n) is 1.81. The van der Waals surface area contributed by atoms with Gasteiger partial charge in [-0.15, -0.1) is 0 Å². The van der Waals surface area contributed by atoms with Crippen molar-refractivity contribution in [2.75, 3.05) is 19.0 Å². The van der Waals surface area contributed by atoms with Gasteiger partial charge in [0.1, 0.15) is 11.5 Å². The van der Waals surface area contributed by atoms with E-state index in [1.54, 1.807) is 20.2 Å². The first kappa shape index (κ1) is 14.7. The molecule has 0 bridgehead atoms. The van der Waals surface area contributed by atoms with Crippen LogP contribution in [0.3, 0.4) is 0 Å². The number of anilines is 1. The van der Waals surface area contributed by atoms with E-state index in [4.69, 9.17) is 0 Å². The Bertz CT molecular complexity index is 332. The Morgan fingerprint density at radius 2 is 1.62 bits per heavy atom. The second-order valence-corrected chi connectivity index (χ2v) is 3.23. The van der Waals surface area contributed by atoms with E-state index in [9.17, 15) is 13.2 Å². The van der Waals surface area contributed by atoms with Gasteiger partial charge in [0.05, 0.1) is 0 Å². The van der Waals surface area contributed by atoms with Gasteiger partial charge in [-0.25, -0.2) is 4.98 Å². The molecule has 0 atom stereocenters. The number of nitrogens with zero attached hydrogens (tertiary/aromatic N) is 2. The van der Waals surface area contributed by atoms with E-state index < -0.39 is 11.9 Å². The Morgan fingerprint density at radius 1 is 1.12 bits per heavy atom. The van der Waals surface area contributed by atoms with E-state index in [1.807, 2.05) is 13.8 Å². The Morgan fingerprint density at radius 3 is 2.00 bits per heavy atom. The first-order chi connectivity index (χ1) is 7.32. The Hall–Kier alpha value is -1.26. The fourth-order valence-electron chi connectivity index (χ4n) is 1.05. The summed E-state index contributed by atoms with van der Waals surface area (Å²) in [7, 11) is 3.30. The molecular weight excluding hydrogens is 217 g/mol. The van der Waals surface area contributed by atoms with Gasteiger partial charge in [-0.1, -0.05) is 19.9 Å². The normalized spacial score (nSPS) is 10.5. The lowest BCUT2D eigenvalue weighted by Gasteiger charge is -2.15. The molecule has 0 radical (unpaired) electrons. The highest BCUT2D eigenvalue weighted by molar-refractivity contribution is 5.40. The minimum atomic E-state index is -4.38. The predicted octanol–water partition coefficient (Wildman–Crippen LogP) is 3.50. The molecule has 0 saturated carbocycles. The number of halogens is 3. The van der Waals surface area contributed by atoms with Gasteiger partial charge in [-0.3, -0.25) is 0 Å². The Balaban J connectivity index is 0.00000106. The van der Waals surface area contributed by atoms with Crippen molar-refractivity contribution in [1.29, 1.82) is 0 Å². The molecule has 1 rings (SSSR count). The number of pyridine rings is 1. The van der Waals surface area contributed by atoms with E-state index in [2.05, 4.69) is 4.98 Å². The van der Waals surface area contributed by atoms with Gasteiger partial charge in [0.2, 0.25) is 0 Å². The van der Waals surface area contributed by atoms with Crippen LogP contribution in [0, 0.1) is 6.92 Å². The van der Waals surface area contributed by atoms with Gasteiger partial charge in [0.15, 0.2) is 0 Å². The van der Waals surface area contributed by atoms with E-state index in [0.29, 0.717) is 5.82 Å². The minimum absolute atomic E-state index is 0.142. The average Bonchev–Trinajstić information content (AvgIpc) is 2.19. The standard InChI is InChI=1S/C9H11F3N2.C2H6/c1-6-4-5-7(14(2)3)13-8(6)9(10,11)12;1-2/h4-5H,1-3H3;1-2H3. The van der Waals surface area contributed by atoms with Gasteiger partial charge in [-0.2, -0.15) is 13.2 Å². The van der Waals surface area contributed by atoms with Crippen LogP contribution in [0.5, 0.6) is 0 Å². The maximum atomic E-state index is 12.4. The lowest BCUT2D eigenvalue weighted by molar-refractivity contribution is -0.141. The summed E-state index contributed by atoms with van der Waals surface area (Å²) in [5, 5.41) is 0. The van der Waals surface area contributed by atoms with Crippen molar-refractivity contribution in [3.8, 4) is 0 Å². The first-order valence-corrected chi connectivity index (χ1v) is 5.04. The molecule has 1 aromatic rings. The quantitative estimate of drug-likeness (QED) is 0.739.